The van der Waals surface area contributed by atoms with Crippen LogP contribution >= 0.6 is 0 Å². The lowest BCUT2D eigenvalue weighted by Crippen LogP contribution is -2.46. The number of rotatable bonds is 3. The van der Waals surface area contributed by atoms with Crippen molar-refractivity contribution in [3.63, 3.8) is 0 Å². The Kier molecular flexibility index (Phi) is 4.54. The normalized spacial score (nSPS) is 20.4. The molecule has 0 aromatic carbocycles. The van der Waals surface area contributed by atoms with Crippen LogP contribution in [0.3, 0.4) is 0 Å². The van der Waals surface area contributed by atoms with E-state index in [1.807, 2.05) is 13.8 Å². The van der Waals surface area contributed by atoms with E-state index in [-0.39, 0.29) is 11.8 Å². The first-order chi connectivity index (χ1) is 8.25. The van der Waals surface area contributed by atoms with Crippen molar-refractivity contribution in [1.82, 2.24) is 4.90 Å². The maximum Gasteiger partial charge on any atom is 0.309 e. The Balaban J connectivity index is 2.76. The molecule has 18 heavy (non-hydrogen) atoms. The van der Waals surface area contributed by atoms with Crippen LogP contribution in [0.4, 0.5) is 0 Å². The van der Waals surface area contributed by atoms with Crippen molar-refractivity contribution >= 4 is 11.9 Å². The summed E-state index contributed by atoms with van der Waals surface area (Å²) >= 11 is 0. The lowest BCUT2D eigenvalue weighted by molar-refractivity contribution is -0.152. The largest absolute Gasteiger partial charge is 0.481 e. The van der Waals surface area contributed by atoms with E-state index in [1.54, 1.807) is 24.8 Å². The first-order valence-electron chi connectivity index (χ1n) is 6.42. The van der Waals surface area contributed by atoms with E-state index < -0.39 is 11.4 Å². The molecular weight excluding hydrogens is 230 g/mol. The second-order valence-electron chi connectivity index (χ2n) is 5.87. The summed E-state index contributed by atoms with van der Waals surface area (Å²) < 4.78 is 0. The van der Waals surface area contributed by atoms with Gasteiger partial charge in [-0.25, -0.2) is 0 Å². The van der Waals surface area contributed by atoms with E-state index in [0.29, 0.717) is 6.54 Å². The first kappa shape index (κ1) is 14.7. The zero-order valence-electron chi connectivity index (χ0n) is 11.7. The number of hydrogen-bond acceptors (Lipinski definition) is 2. The van der Waals surface area contributed by atoms with Crippen LogP contribution in [0.1, 0.15) is 40.5 Å². The third kappa shape index (κ3) is 3.34. The molecule has 0 aliphatic carbocycles. The van der Waals surface area contributed by atoms with Crippen molar-refractivity contribution in [1.29, 1.82) is 0 Å². The van der Waals surface area contributed by atoms with Gasteiger partial charge in [-0.3, -0.25) is 9.59 Å². The van der Waals surface area contributed by atoms with Crippen LogP contribution in [0.2, 0.25) is 0 Å². The SMILES string of the molecule is CC(C)=CC(=O)N1CCC[C@@H](C(C)(C)C(=O)O)C1. The number of hydrogen-bond donors (Lipinski definition) is 1. The molecule has 4 heteroatoms. The van der Waals surface area contributed by atoms with E-state index in [4.69, 9.17) is 0 Å². The number of carbonyl (C=O) groups is 2. The Morgan fingerprint density at radius 1 is 1.33 bits per heavy atom. The molecule has 0 spiro atoms. The predicted molar refractivity (Wildman–Crippen MR) is 70.2 cm³/mol. The predicted octanol–water partition coefficient (Wildman–Crippen LogP) is 2.30. The average molecular weight is 253 g/mol. The highest BCUT2D eigenvalue weighted by Gasteiger charge is 2.39. The van der Waals surface area contributed by atoms with Crippen LogP contribution in [0, 0.1) is 11.3 Å². The molecule has 1 heterocycles. The molecule has 0 bridgehead atoms. The third-order valence-corrected chi connectivity index (χ3v) is 3.72. The van der Waals surface area contributed by atoms with Crippen molar-refractivity contribution in [3.05, 3.63) is 11.6 Å². The van der Waals surface area contributed by atoms with Gasteiger partial charge in [0.2, 0.25) is 5.91 Å². The van der Waals surface area contributed by atoms with Gasteiger partial charge < -0.3 is 10.0 Å². The number of allylic oxidation sites excluding steroid dienone is 1. The number of likely N-dealkylation sites (tertiary alicyclic amines) is 1. The summed E-state index contributed by atoms with van der Waals surface area (Å²) in [5.74, 6) is -0.761. The first-order valence-corrected chi connectivity index (χ1v) is 6.42. The fourth-order valence-corrected chi connectivity index (χ4v) is 2.28. The summed E-state index contributed by atoms with van der Waals surface area (Å²) in [4.78, 5) is 25.0. The number of amides is 1. The molecule has 0 unspecified atom stereocenters. The van der Waals surface area contributed by atoms with Crippen LogP contribution in [0.5, 0.6) is 0 Å². The van der Waals surface area contributed by atoms with Crippen LogP contribution < -0.4 is 0 Å². The summed E-state index contributed by atoms with van der Waals surface area (Å²) in [5, 5.41) is 9.25. The van der Waals surface area contributed by atoms with Gasteiger partial charge in [0.15, 0.2) is 0 Å². The number of carboxylic acids is 1. The van der Waals surface area contributed by atoms with Gasteiger partial charge in [-0.15, -0.1) is 0 Å². The Morgan fingerprint density at radius 2 is 1.94 bits per heavy atom. The van der Waals surface area contributed by atoms with E-state index in [9.17, 15) is 14.7 Å². The van der Waals surface area contributed by atoms with Gasteiger partial charge in [-0.2, -0.15) is 0 Å². The maximum atomic E-state index is 12.0. The Labute approximate surface area is 109 Å². The summed E-state index contributed by atoms with van der Waals surface area (Å²) in [6, 6.07) is 0. The summed E-state index contributed by atoms with van der Waals surface area (Å²) in [6.45, 7) is 8.54. The van der Waals surface area contributed by atoms with Gasteiger partial charge in [-0.05, 0) is 46.5 Å². The van der Waals surface area contributed by atoms with Gasteiger partial charge in [0.25, 0.3) is 0 Å². The lowest BCUT2D eigenvalue weighted by atomic mass is 9.74. The van der Waals surface area contributed by atoms with E-state index >= 15 is 0 Å². The number of aliphatic carboxylic acids is 1. The smallest absolute Gasteiger partial charge is 0.309 e. The van der Waals surface area contributed by atoms with E-state index in [0.717, 1.165) is 25.0 Å². The molecule has 1 saturated heterocycles. The number of carbonyl (C=O) groups excluding carboxylic acids is 1. The van der Waals surface area contributed by atoms with E-state index in [2.05, 4.69) is 0 Å². The molecule has 1 fully saturated rings. The number of carboxylic acid groups (broad SMARTS) is 1. The monoisotopic (exact) mass is 253 g/mol. The zero-order chi connectivity index (χ0) is 13.9. The summed E-state index contributed by atoms with van der Waals surface area (Å²) in [5.41, 5.74) is 0.198. The second-order valence-corrected chi connectivity index (χ2v) is 5.87. The summed E-state index contributed by atoms with van der Waals surface area (Å²) in [6.07, 6.45) is 3.37. The molecule has 0 saturated carbocycles. The Morgan fingerprint density at radius 3 is 2.44 bits per heavy atom. The summed E-state index contributed by atoms with van der Waals surface area (Å²) in [7, 11) is 0. The Bertz CT molecular complexity index is 367. The van der Waals surface area contributed by atoms with Gasteiger partial charge in [0.1, 0.15) is 0 Å². The van der Waals surface area contributed by atoms with Crippen molar-refractivity contribution in [2.75, 3.05) is 13.1 Å². The van der Waals surface area contributed by atoms with E-state index in [1.165, 1.54) is 0 Å². The van der Waals surface area contributed by atoms with Crippen molar-refractivity contribution in [3.8, 4) is 0 Å². The Hall–Kier alpha value is -1.32. The third-order valence-electron chi connectivity index (χ3n) is 3.72. The molecule has 1 aliphatic rings. The molecule has 4 nitrogen and oxygen atoms in total. The standard InChI is InChI=1S/C14H23NO3/c1-10(2)8-12(16)15-7-5-6-11(9-15)14(3,4)13(17)18/h8,11H,5-7,9H2,1-4H3,(H,17,18)/t11-/m1/s1. The number of nitrogens with zero attached hydrogens (tertiary/aromatic N) is 1. The fraction of sp³-hybridized carbons (Fsp3) is 0.714. The quantitative estimate of drug-likeness (QED) is 0.785. The average Bonchev–Trinajstić information content (AvgIpc) is 2.28. The second kappa shape index (κ2) is 5.55. The molecule has 0 aromatic rings. The molecule has 0 aromatic heterocycles. The number of piperidine rings is 1. The molecule has 102 valence electrons. The van der Waals surface area contributed by atoms with Crippen molar-refractivity contribution in [2.24, 2.45) is 11.3 Å². The van der Waals surface area contributed by atoms with Crippen LogP contribution in [-0.2, 0) is 9.59 Å². The molecular formula is C14H23NO3. The zero-order valence-corrected chi connectivity index (χ0v) is 11.7. The molecule has 0 radical (unpaired) electrons. The highest BCUT2D eigenvalue weighted by molar-refractivity contribution is 5.88. The highest BCUT2D eigenvalue weighted by Crippen LogP contribution is 2.34. The highest BCUT2D eigenvalue weighted by atomic mass is 16.4. The minimum Gasteiger partial charge on any atom is -0.481 e. The molecule has 1 rings (SSSR count). The molecule has 1 N–H and O–H groups in total. The lowest BCUT2D eigenvalue weighted by Gasteiger charge is -2.38. The van der Waals surface area contributed by atoms with Gasteiger partial charge in [0, 0.05) is 19.2 Å². The van der Waals surface area contributed by atoms with Crippen LogP contribution in [0.15, 0.2) is 11.6 Å². The fourth-order valence-electron chi connectivity index (χ4n) is 2.28. The van der Waals surface area contributed by atoms with Crippen molar-refractivity contribution < 1.29 is 14.7 Å². The molecule has 1 atom stereocenters. The van der Waals surface area contributed by atoms with Gasteiger partial charge in [0.05, 0.1) is 5.41 Å². The van der Waals surface area contributed by atoms with Crippen molar-refractivity contribution in [2.45, 2.75) is 40.5 Å². The van der Waals surface area contributed by atoms with Crippen LogP contribution in [0.25, 0.3) is 0 Å². The molecule has 1 aliphatic heterocycles. The van der Waals surface area contributed by atoms with Crippen LogP contribution in [-0.4, -0.2) is 35.0 Å². The minimum absolute atomic E-state index is 0.000823. The minimum atomic E-state index is -0.788. The van der Waals surface area contributed by atoms with Gasteiger partial charge in [-0.1, -0.05) is 5.57 Å². The van der Waals surface area contributed by atoms with Gasteiger partial charge >= 0.3 is 5.97 Å². The molecule has 1 amide bonds. The topological polar surface area (TPSA) is 57.6 Å². The maximum absolute atomic E-state index is 12.0.